The van der Waals surface area contributed by atoms with E-state index in [4.69, 9.17) is 0 Å². The second-order valence-corrected chi connectivity index (χ2v) is 5.55. The minimum Gasteiger partial charge on any atom is -0.469 e. The summed E-state index contributed by atoms with van der Waals surface area (Å²) in [5.41, 5.74) is 0. The third-order valence-electron chi connectivity index (χ3n) is 3.58. The molecule has 1 saturated heterocycles. The Bertz CT molecular complexity index is 236. The highest BCUT2D eigenvalue weighted by molar-refractivity contribution is 5.69. The minimum atomic E-state index is -0.102. The molecule has 0 unspecified atom stereocenters. The van der Waals surface area contributed by atoms with E-state index in [2.05, 4.69) is 28.4 Å². The Kier molecular flexibility index (Phi) is 7.28. The summed E-state index contributed by atoms with van der Waals surface area (Å²) in [7, 11) is 1.45. The molecule has 0 atom stereocenters. The van der Waals surface area contributed by atoms with Crippen molar-refractivity contribution in [3.8, 4) is 0 Å². The quantitative estimate of drug-likeness (QED) is 0.648. The molecular weight excluding hydrogens is 228 g/mol. The molecule has 0 amide bonds. The molecule has 0 aromatic rings. The van der Waals surface area contributed by atoms with Gasteiger partial charge in [0.05, 0.1) is 13.5 Å². The molecule has 1 aliphatic rings. The molecule has 0 aromatic heterocycles. The maximum atomic E-state index is 11.1. The number of hydrogen-bond donors (Lipinski definition) is 0. The Morgan fingerprint density at radius 2 is 1.67 bits per heavy atom. The first kappa shape index (κ1) is 15.4. The van der Waals surface area contributed by atoms with Crippen LogP contribution in [0.5, 0.6) is 0 Å². The summed E-state index contributed by atoms with van der Waals surface area (Å²) in [6.45, 7) is 11.1. The molecule has 1 rings (SSSR count). The SMILES string of the molecule is COC(=O)CCN1CCN(CCCC(C)C)CC1. The molecule has 1 fully saturated rings. The predicted molar refractivity (Wildman–Crippen MR) is 73.6 cm³/mol. The highest BCUT2D eigenvalue weighted by Crippen LogP contribution is 2.08. The van der Waals surface area contributed by atoms with Gasteiger partial charge in [-0.15, -0.1) is 0 Å². The lowest BCUT2D eigenvalue weighted by molar-refractivity contribution is -0.141. The molecule has 0 aromatic carbocycles. The third-order valence-corrected chi connectivity index (χ3v) is 3.58. The van der Waals surface area contributed by atoms with Crippen LogP contribution in [0.3, 0.4) is 0 Å². The molecule has 0 N–H and O–H groups in total. The normalized spacial score (nSPS) is 18.2. The molecule has 0 aliphatic carbocycles. The van der Waals surface area contributed by atoms with Crippen molar-refractivity contribution < 1.29 is 9.53 Å². The molecule has 0 radical (unpaired) electrons. The summed E-state index contributed by atoms with van der Waals surface area (Å²) >= 11 is 0. The second kappa shape index (κ2) is 8.48. The number of piperazine rings is 1. The van der Waals surface area contributed by atoms with Gasteiger partial charge in [-0.3, -0.25) is 4.79 Å². The molecule has 18 heavy (non-hydrogen) atoms. The van der Waals surface area contributed by atoms with Crippen molar-refractivity contribution in [2.75, 3.05) is 46.4 Å². The van der Waals surface area contributed by atoms with Crippen LogP contribution < -0.4 is 0 Å². The van der Waals surface area contributed by atoms with E-state index in [1.165, 1.54) is 26.5 Å². The highest BCUT2D eigenvalue weighted by Gasteiger charge is 2.17. The molecule has 0 bridgehead atoms. The smallest absolute Gasteiger partial charge is 0.306 e. The van der Waals surface area contributed by atoms with Crippen LogP contribution in [0, 0.1) is 5.92 Å². The number of esters is 1. The predicted octanol–water partition coefficient (Wildman–Crippen LogP) is 1.60. The maximum absolute atomic E-state index is 11.1. The number of carbonyl (C=O) groups is 1. The van der Waals surface area contributed by atoms with Crippen molar-refractivity contribution in [1.82, 2.24) is 9.80 Å². The van der Waals surface area contributed by atoms with Crippen LogP contribution in [0.4, 0.5) is 0 Å². The standard InChI is InChI=1S/C14H28N2O2/c1-13(2)5-4-7-15-9-11-16(12-10-15)8-6-14(17)18-3/h13H,4-12H2,1-3H3. The van der Waals surface area contributed by atoms with Gasteiger partial charge in [-0.1, -0.05) is 13.8 Å². The largest absolute Gasteiger partial charge is 0.469 e. The molecule has 4 nitrogen and oxygen atoms in total. The molecular formula is C14H28N2O2. The van der Waals surface area contributed by atoms with Crippen LogP contribution >= 0.6 is 0 Å². The lowest BCUT2D eigenvalue weighted by atomic mass is 10.1. The summed E-state index contributed by atoms with van der Waals surface area (Å²) in [6.07, 6.45) is 3.15. The molecule has 4 heteroatoms. The third kappa shape index (κ3) is 6.36. The average Bonchev–Trinajstić information content (AvgIpc) is 2.37. The van der Waals surface area contributed by atoms with Gasteiger partial charge < -0.3 is 14.5 Å². The first-order valence-corrected chi connectivity index (χ1v) is 7.13. The molecule has 106 valence electrons. The fourth-order valence-electron chi connectivity index (χ4n) is 2.31. The van der Waals surface area contributed by atoms with Crippen molar-refractivity contribution in [3.63, 3.8) is 0 Å². The van der Waals surface area contributed by atoms with Crippen LogP contribution in [0.25, 0.3) is 0 Å². The highest BCUT2D eigenvalue weighted by atomic mass is 16.5. The number of carbonyl (C=O) groups excluding carboxylic acids is 1. The number of rotatable bonds is 7. The van der Waals surface area contributed by atoms with Gasteiger partial charge in [-0.2, -0.15) is 0 Å². The van der Waals surface area contributed by atoms with Crippen molar-refractivity contribution >= 4 is 5.97 Å². The lowest BCUT2D eigenvalue weighted by Crippen LogP contribution is -2.47. The van der Waals surface area contributed by atoms with E-state index in [9.17, 15) is 4.79 Å². The molecule has 1 aliphatic heterocycles. The van der Waals surface area contributed by atoms with Crippen LogP contribution in [0.15, 0.2) is 0 Å². The molecule has 1 heterocycles. The summed E-state index contributed by atoms with van der Waals surface area (Å²) in [4.78, 5) is 16.0. The van der Waals surface area contributed by atoms with E-state index in [0.29, 0.717) is 6.42 Å². The Balaban J connectivity index is 2.07. The van der Waals surface area contributed by atoms with Crippen LogP contribution in [0.2, 0.25) is 0 Å². The average molecular weight is 256 g/mol. The first-order chi connectivity index (χ1) is 8.61. The van der Waals surface area contributed by atoms with Crippen LogP contribution in [0.1, 0.15) is 33.1 Å². The molecule has 0 saturated carbocycles. The number of methoxy groups -OCH3 is 1. The summed E-state index contributed by atoms with van der Waals surface area (Å²) < 4.78 is 4.66. The topological polar surface area (TPSA) is 32.8 Å². The van der Waals surface area contributed by atoms with Crippen LogP contribution in [-0.2, 0) is 9.53 Å². The Morgan fingerprint density at radius 3 is 2.17 bits per heavy atom. The zero-order valence-electron chi connectivity index (χ0n) is 12.2. The van der Waals surface area contributed by atoms with E-state index in [0.717, 1.165) is 38.6 Å². The van der Waals surface area contributed by atoms with Crippen molar-refractivity contribution in [2.45, 2.75) is 33.1 Å². The number of hydrogen-bond acceptors (Lipinski definition) is 4. The van der Waals surface area contributed by atoms with Gasteiger partial charge in [0.2, 0.25) is 0 Å². The lowest BCUT2D eigenvalue weighted by Gasteiger charge is -2.34. The van der Waals surface area contributed by atoms with Gasteiger partial charge in [-0.25, -0.2) is 0 Å². The van der Waals surface area contributed by atoms with E-state index < -0.39 is 0 Å². The van der Waals surface area contributed by atoms with Crippen molar-refractivity contribution in [2.24, 2.45) is 5.92 Å². The van der Waals surface area contributed by atoms with Gasteiger partial charge in [0.1, 0.15) is 0 Å². The molecule has 0 spiro atoms. The van der Waals surface area contributed by atoms with Gasteiger partial charge in [0, 0.05) is 32.7 Å². The Labute approximate surface area is 111 Å². The van der Waals surface area contributed by atoms with E-state index >= 15 is 0 Å². The van der Waals surface area contributed by atoms with Crippen molar-refractivity contribution in [3.05, 3.63) is 0 Å². The second-order valence-electron chi connectivity index (χ2n) is 5.55. The van der Waals surface area contributed by atoms with Gasteiger partial charge in [-0.05, 0) is 25.3 Å². The fraction of sp³-hybridized carbons (Fsp3) is 0.929. The van der Waals surface area contributed by atoms with Gasteiger partial charge >= 0.3 is 5.97 Å². The minimum absolute atomic E-state index is 0.102. The summed E-state index contributed by atoms with van der Waals surface area (Å²) in [5.74, 6) is 0.709. The maximum Gasteiger partial charge on any atom is 0.306 e. The van der Waals surface area contributed by atoms with E-state index in [-0.39, 0.29) is 5.97 Å². The van der Waals surface area contributed by atoms with Crippen LogP contribution in [-0.4, -0.2) is 62.1 Å². The van der Waals surface area contributed by atoms with E-state index in [1.807, 2.05) is 0 Å². The van der Waals surface area contributed by atoms with Gasteiger partial charge in [0.15, 0.2) is 0 Å². The Morgan fingerprint density at radius 1 is 1.11 bits per heavy atom. The van der Waals surface area contributed by atoms with Gasteiger partial charge in [0.25, 0.3) is 0 Å². The number of nitrogens with zero attached hydrogens (tertiary/aromatic N) is 2. The zero-order valence-corrected chi connectivity index (χ0v) is 12.2. The van der Waals surface area contributed by atoms with E-state index in [1.54, 1.807) is 0 Å². The zero-order chi connectivity index (χ0) is 13.4. The van der Waals surface area contributed by atoms with Crippen molar-refractivity contribution in [1.29, 1.82) is 0 Å². The summed E-state index contributed by atoms with van der Waals surface area (Å²) in [5, 5.41) is 0. The monoisotopic (exact) mass is 256 g/mol. The Hall–Kier alpha value is -0.610. The first-order valence-electron chi connectivity index (χ1n) is 7.13. The fourth-order valence-corrected chi connectivity index (χ4v) is 2.31. The number of ether oxygens (including phenoxy) is 1. The summed E-state index contributed by atoms with van der Waals surface area (Å²) in [6, 6.07) is 0.